The molecule has 1 amide bonds. The molecule has 7 nitrogen and oxygen atoms in total. The van der Waals surface area contributed by atoms with E-state index in [2.05, 4.69) is 15.1 Å². The van der Waals surface area contributed by atoms with E-state index in [0.717, 1.165) is 32.5 Å². The molecule has 1 heterocycles. The third-order valence-electron chi connectivity index (χ3n) is 6.02. The van der Waals surface area contributed by atoms with Crippen molar-refractivity contribution >= 4 is 51.0 Å². The van der Waals surface area contributed by atoms with Crippen LogP contribution in [0.15, 0.2) is 88.9 Å². The Labute approximate surface area is 232 Å². The quantitative estimate of drug-likeness (QED) is 0.207. The molecule has 4 rings (SSSR count). The van der Waals surface area contributed by atoms with E-state index >= 15 is 0 Å². The molecule has 0 fully saturated rings. The van der Waals surface area contributed by atoms with Crippen LogP contribution in [0.5, 0.6) is 0 Å². The summed E-state index contributed by atoms with van der Waals surface area (Å²) in [7, 11) is -4.12. The first-order valence-corrected chi connectivity index (χ1v) is 13.9. The zero-order chi connectivity index (χ0) is 27.4. The second-order valence-electron chi connectivity index (χ2n) is 8.66. The third-order valence-corrected chi connectivity index (χ3v) is 8.33. The number of amides is 1. The number of para-hydroxylation sites is 1. The minimum atomic E-state index is -4.12. The van der Waals surface area contributed by atoms with Gasteiger partial charge in [0, 0.05) is 27.7 Å². The maximum Gasteiger partial charge on any atom is 0.264 e. The van der Waals surface area contributed by atoms with Crippen molar-refractivity contribution in [1.29, 1.82) is 0 Å². The molecule has 4 aromatic rings. The number of hydrogen-bond acceptors (Lipinski definition) is 4. The molecule has 0 aliphatic rings. The molecule has 10 heteroatoms. The first kappa shape index (κ1) is 27.4. The number of anilines is 1. The number of aromatic nitrogens is 1. The Morgan fingerprint density at radius 2 is 1.66 bits per heavy atom. The fourth-order valence-electron chi connectivity index (χ4n) is 4.15. The van der Waals surface area contributed by atoms with E-state index in [1.54, 1.807) is 24.4 Å². The Balaban J connectivity index is 1.58. The number of sulfonamides is 1. The van der Waals surface area contributed by atoms with Gasteiger partial charge in [-0.2, -0.15) is 5.10 Å². The number of hydrogen-bond donors (Lipinski definition) is 1. The Hall–Kier alpha value is -3.59. The van der Waals surface area contributed by atoms with Crippen molar-refractivity contribution in [3.05, 3.63) is 111 Å². The van der Waals surface area contributed by atoms with Gasteiger partial charge in [0.1, 0.15) is 6.54 Å². The summed E-state index contributed by atoms with van der Waals surface area (Å²) in [4.78, 5) is 12.9. The Bertz CT molecular complexity index is 1620. The van der Waals surface area contributed by atoms with Crippen molar-refractivity contribution in [3.63, 3.8) is 0 Å². The molecule has 0 atom stereocenters. The fraction of sp³-hybridized carbons (Fsp3) is 0.143. The van der Waals surface area contributed by atoms with Crippen LogP contribution in [-0.4, -0.2) is 31.7 Å². The molecule has 3 aromatic carbocycles. The molecule has 38 heavy (non-hydrogen) atoms. The van der Waals surface area contributed by atoms with Crippen molar-refractivity contribution in [2.75, 3.05) is 10.8 Å². The molecular formula is C28H26Cl2N4O3S. The highest BCUT2D eigenvalue weighted by atomic mass is 35.5. The number of nitrogens with one attached hydrogen (secondary N) is 1. The van der Waals surface area contributed by atoms with Crippen LogP contribution in [0.1, 0.15) is 22.5 Å². The lowest BCUT2D eigenvalue weighted by Crippen LogP contribution is -2.39. The molecule has 0 saturated carbocycles. The smallest absolute Gasteiger partial charge is 0.264 e. The van der Waals surface area contributed by atoms with Crippen LogP contribution < -0.4 is 9.73 Å². The number of halogens is 2. The average molecular weight is 570 g/mol. The standard InChI is InChI=1S/C28H26Cl2N4O3S/c1-19-9-7-8-12-26(19)34-20(2)15-22(21(34)3)17-31-32-28(35)18-33(27-14-13-23(29)16-25(27)30)38(36,37)24-10-5-4-6-11-24/h4-17H,18H2,1-3H3,(H,32,35)/b31-17-. The molecule has 1 N–H and O–H groups in total. The van der Waals surface area contributed by atoms with Crippen LogP contribution >= 0.6 is 23.2 Å². The topological polar surface area (TPSA) is 83.8 Å². The normalized spacial score (nSPS) is 11.6. The van der Waals surface area contributed by atoms with Gasteiger partial charge in [0.05, 0.1) is 21.8 Å². The second kappa shape index (κ2) is 11.4. The summed E-state index contributed by atoms with van der Waals surface area (Å²) in [6, 6.07) is 22.2. The lowest BCUT2D eigenvalue weighted by atomic mass is 10.2. The average Bonchev–Trinajstić information content (AvgIpc) is 3.16. The van der Waals surface area contributed by atoms with E-state index < -0.39 is 22.5 Å². The molecule has 1 aromatic heterocycles. The number of nitrogens with zero attached hydrogens (tertiary/aromatic N) is 3. The van der Waals surface area contributed by atoms with Crippen molar-refractivity contribution < 1.29 is 13.2 Å². The van der Waals surface area contributed by atoms with Crippen LogP contribution in [0, 0.1) is 20.8 Å². The predicted octanol–water partition coefficient (Wildman–Crippen LogP) is 6.05. The van der Waals surface area contributed by atoms with Gasteiger partial charge in [-0.25, -0.2) is 13.8 Å². The van der Waals surface area contributed by atoms with Gasteiger partial charge in [-0.15, -0.1) is 0 Å². The predicted molar refractivity (Wildman–Crippen MR) is 153 cm³/mol. The van der Waals surface area contributed by atoms with E-state index in [0.29, 0.717) is 5.02 Å². The summed E-state index contributed by atoms with van der Waals surface area (Å²) in [5.74, 6) is -0.639. The van der Waals surface area contributed by atoms with Gasteiger partial charge in [-0.05, 0) is 68.8 Å². The number of carbonyl (C=O) groups is 1. The van der Waals surface area contributed by atoms with Gasteiger partial charge >= 0.3 is 0 Å². The van der Waals surface area contributed by atoms with E-state index in [-0.39, 0.29) is 15.6 Å². The van der Waals surface area contributed by atoms with Gasteiger partial charge < -0.3 is 4.57 Å². The lowest BCUT2D eigenvalue weighted by Gasteiger charge is -2.24. The number of rotatable bonds is 8. The van der Waals surface area contributed by atoms with E-state index in [9.17, 15) is 13.2 Å². The largest absolute Gasteiger partial charge is 0.318 e. The Kier molecular flexibility index (Phi) is 8.26. The molecule has 0 saturated heterocycles. The molecule has 0 aliphatic heterocycles. The lowest BCUT2D eigenvalue weighted by molar-refractivity contribution is -0.119. The van der Waals surface area contributed by atoms with Crippen LogP contribution in [-0.2, 0) is 14.8 Å². The summed E-state index contributed by atoms with van der Waals surface area (Å²) in [6.45, 7) is 5.47. The highest BCUT2D eigenvalue weighted by molar-refractivity contribution is 7.92. The molecule has 0 spiro atoms. The summed E-state index contributed by atoms with van der Waals surface area (Å²) in [5, 5.41) is 4.53. The van der Waals surface area contributed by atoms with Crippen molar-refractivity contribution in [2.45, 2.75) is 25.7 Å². The van der Waals surface area contributed by atoms with Gasteiger partial charge in [0.15, 0.2) is 0 Å². The first-order valence-electron chi connectivity index (χ1n) is 11.7. The Morgan fingerprint density at radius 1 is 0.974 bits per heavy atom. The number of benzene rings is 3. The second-order valence-corrected chi connectivity index (χ2v) is 11.4. The minimum absolute atomic E-state index is 0.0194. The number of hydrazone groups is 1. The fourth-order valence-corrected chi connectivity index (χ4v) is 6.17. The summed E-state index contributed by atoms with van der Waals surface area (Å²) < 4.78 is 30.0. The van der Waals surface area contributed by atoms with Crippen LogP contribution in [0.3, 0.4) is 0 Å². The molecule has 0 aliphatic carbocycles. The highest BCUT2D eigenvalue weighted by Crippen LogP contribution is 2.32. The maximum absolute atomic E-state index is 13.5. The van der Waals surface area contributed by atoms with Crippen molar-refractivity contribution in [3.8, 4) is 5.69 Å². The monoisotopic (exact) mass is 568 g/mol. The number of carbonyl (C=O) groups excluding carboxylic acids is 1. The van der Waals surface area contributed by atoms with Crippen LogP contribution in [0.2, 0.25) is 10.0 Å². The van der Waals surface area contributed by atoms with E-state index in [4.69, 9.17) is 23.2 Å². The Morgan fingerprint density at radius 3 is 2.34 bits per heavy atom. The summed E-state index contributed by atoms with van der Waals surface area (Å²) in [6.07, 6.45) is 1.54. The van der Waals surface area contributed by atoms with E-state index in [1.807, 2.05) is 51.1 Å². The van der Waals surface area contributed by atoms with Crippen molar-refractivity contribution in [1.82, 2.24) is 9.99 Å². The zero-order valence-corrected chi connectivity index (χ0v) is 23.3. The van der Waals surface area contributed by atoms with Gasteiger partial charge in [0.2, 0.25) is 0 Å². The van der Waals surface area contributed by atoms with Gasteiger partial charge in [0.25, 0.3) is 15.9 Å². The minimum Gasteiger partial charge on any atom is -0.318 e. The molecule has 0 radical (unpaired) electrons. The molecule has 196 valence electrons. The van der Waals surface area contributed by atoms with Crippen molar-refractivity contribution in [2.24, 2.45) is 5.10 Å². The van der Waals surface area contributed by atoms with Crippen LogP contribution in [0.25, 0.3) is 5.69 Å². The third kappa shape index (κ3) is 5.78. The highest BCUT2D eigenvalue weighted by Gasteiger charge is 2.28. The number of aryl methyl sites for hydroxylation is 2. The van der Waals surface area contributed by atoms with Gasteiger partial charge in [-0.3, -0.25) is 9.10 Å². The molecule has 0 unspecified atom stereocenters. The van der Waals surface area contributed by atoms with Crippen LogP contribution in [0.4, 0.5) is 5.69 Å². The molecule has 0 bridgehead atoms. The SMILES string of the molecule is Cc1ccccc1-n1c(C)cc(/C=N\NC(=O)CN(c2ccc(Cl)cc2Cl)S(=O)(=O)c2ccccc2)c1C. The summed E-state index contributed by atoms with van der Waals surface area (Å²) >= 11 is 12.3. The first-order chi connectivity index (χ1) is 18.1. The van der Waals surface area contributed by atoms with Gasteiger partial charge in [-0.1, -0.05) is 59.6 Å². The van der Waals surface area contributed by atoms with E-state index in [1.165, 1.54) is 30.3 Å². The maximum atomic E-state index is 13.5. The molecular weight excluding hydrogens is 543 g/mol. The summed E-state index contributed by atoms with van der Waals surface area (Å²) in [5.41, 5.74) is 7.55. The zero-order valence-electron chi connectivity index (χ0n) is 21.0.